The van der Waals surface area contributed by atoms with Crippen molar-refractivity contribution in [1.82, 2.24) is 0 Å². The van der Waals surface area contributed by atoms with Crippen molar-refractivity contribution in [3.8, 4) is 11.5 Å². The Bertz CT molecular complexity index is 983. The molecule has 0 aliphatic rings. The molecule has 1 aromatic rings. The number of hydrogen-bond donors (Lipinski definition) is 0. The fraction of sp³-hybridized carbons (Fsp3) is 0.429. The molecule has 0 radical (unpaired) electrons. The van der Waals surface area contributed by atoms with Crippen LogP contribution in [0.25, 0.3) is 0 Å². The van der Waals surface area contributed by atoms with Gasteiger partial charge in [0.15, 0.2) is 10.1 Å². The summed E-state index contributed by atoms with van der Waals surface area (Å²) in [6.45, 7) is 1.37. The minimum Gasteiger partial charge on any atom is -0.743 e. The number of halogens is 8. The van der Waals surface area contributed by atoms with Crippen LogP contribution in [-0.4, -0.2) is 42.4 Å². The SMILES string of the molecule is CC(=O)Oc1ccc(OC(C)=O)c(C(F)(F)C(F)(F)OC(F)(F)C(F)(F)S(=O)(=O)[O-])c1.[K+]. The van der Waals surface area contributed by atoms with E-state index in [4.69, 9.17) is 0 Å². The molecule has 176 valence electrons. The fourth-order valence-corrected chi connectivity index (χ4v) is 2.15. The van der Waals surface area contributed by atoms with Crippen LogP contribution in [0.1, 0.15) is 19.4 Å². The summed E-state index contributed by atoms with van der Waals surface area (Å²) in [5.74, 6) is -10.9. The number of esters is 2. The Morgan fingerprint density at radius 1 is 0.875 bits per heavy atom. The molecule has 0 saturated carbocycles. The molecule has 0 bridgehead atoms. The van der Waals surface area contributed by atoms with Crippen LogP contribution in [0.2, 0.25) is 0 Å². The van der Waals surface area contributed by atoms with Crippen molar-refractivity contribution in [1.29, 1.82) is 0 Å². The van der Waals surface area contributed by atoms with Gasteiger partial charge in [-0.15, -0.1) is 0 Å². The number of benzene rings is 1. The zero-order valence-corrected chi connectivity index (χ0v) is 19.9. The topological polar surface area (TPSA) is 119 Å². The second-order valence-electron chi connectivity index (χ2n) is 5.53. The van der Waals surface area contributed by atoms with E-state index in [9.17, 15) is 57.7 Å². The predicted molar refractivity (Wildman–Crippen MR) is 78.6 cm³/mol. The fourth-order valence-electron chi connectivity index (χ4n) is 1.81. The maximum atomic E-state index is 14.4. The van der Waals surface area contributed by atoms with Gasteiger partial charge in [-0.3, -0.25) is 9.59 Å². The van der Waals surface area contributed by atoms with Crippen LogP contribution in [0.4, 0.5) is 35.1 Å². The summed E-state index contributed by atoms with van der Waals surface area (Å²) < 4.78 is 150. The zero-order chi connectivity index (χ0) is 24.6. The molecule has 1 rings (SSSR count). The van der Waals surface area contributed by atoms with Crippen molar-refractivity contribution in [2.24, 2.45) is 0 Å². The summed E-state index contributed by atoms with van der Waals surface area (Å²) in [4.78, 5) is 21.9. The summed E-state index contributed by atoms with van der Waals surface area (Å²) >= 11 is 0. The number of carbonyl (C=O) groups excluding carboxylic acids is 2. The number of carbonyl (C=O) groups is 2. The van der Waals surface area contributed by atoms with E-state index in [1.807, 2.05) is 0 Å². The third kappa shape index (κ3) is 6.58. The molecule has 0 unspecified atom stereocenters. The second kappa shape index (κ2) is 10.2. The summed E-state index contributed by atoms with van der Waals surface area (Å²) in [6, 6.07) is 0.941. The van der Waals surface area contributed by atoms with E-state index in [2.05, 4.69) is 14.2 Å². The minimum absolute atomic E-state index is 0. The summed E-state index contributed by atoms with van der Waals surface area (Å²) in [5.41, 5.74) is -2.16. The largest absolute Gasteiger partial charge is 1.00 e. The van der Waals surface area contributed by atoms with Crippen molar-refractivity contribution < 1.29 is 123 Å². The predicted octanol–water partition coefficient (Wildman–Crippen LogP) is -0.0268. The van der Waals surface area contributed by atoms with Crippen molar-refractivity contribution >= 4 is 22.1 Å². The summed E-state index contributed by atoms with van der Waals surface area (Å²) in [5, 5.41) is -6.88. The zero-order valence-electron chi connectivity index (χ0n) is 15.9. The quantitative estimate of drug-likeness (QED) is 0.152. The van der Waals surface area contributed by atoms with Gasteiger partial charge < -0.3 is 14.0 Å². The maximum Gasteiger partial charge on any atom is 1.00 e. The molecule has 8 nitrogen and oxygen atoms in total. The number of hydrogen-bond acceptors (Lipinski definition) is 8. The molecule has 0 aliphatic heterocycles. The average molecular weight is 528 g/mol. The molecular weight excluding hydrogens is 519 g/mol. The molecule has 0 N–H and O–H groups in total. The van der Waals surface area contributed by atoms with Crippen LogP contribution in [0.5, 0.6) is 11.5 Å². The molecule has 0 saturated heterocycles. The van der Waals surface area contributed by atoms with Gasteiger partial charge >= 0.3 is 86.7 Å². The molecule has 32 heavy (non-hydrogen) atoms. The Balaban J connectivity index is 0.00000961. The minimum atomic E-state index is -7.35. The maximum absolute atomic E-state index is 14.4. The van der Waals surface area contributed by atoms with E-state index in [1.165, 1.54) is 0 Å². The van der Waals surface area contributed by atoms with Gasteiger partial charge in [0, 0.05) is 13.8 Å². The van der Waals surface area contributed by atoms with Gasteiger partial charge in [-0.25, -0.2) is 13.2 Å². The molecular formula is C14H9F8KO8S. The Hall–Kier alpha value is -0.894. The molecule has 18 heteroatoms. The molecule has 0 heterocycles. The third-order valence-electron chi connectivity index (χ3n) is 3.08. The van der Waals surface area contributed by atoms with Crippen molar-refractivity contribution in [2.45, 2.75) is 37.2 Å². The Morgan fingerprint density at radius 3 is 1.75 bits per heavy atom. The van der Waals surface area contributed by atoms with Gasteiger partial charge in [0.1, 0.15) is 11.5 Å². The van der Waals surface area contributed by atoms with Crippen LogP contribution in [-0.2, 0) is 30.4 Å². The molecule has 0 aromatic heterocycles. The third-order valence-corrected chi connectivity index (χ3v) is 3.94. The van der Waals surface area contributed by atoms with E-state index in [0.717, 1.165) is 6.92 Å². The summed E-state index contributed by atoms with van der Waals surface area (Å²) in [6.07, 6.45) is -13.6. The molecule has 1 aromatic carbocycles. The van der Waals surface area contributed by atoms with Gasteiger partial charge in [0.2, 0.25) is 0 Å². The van der Waals surface area contributed by atoms with Crippen molar-refractivity contribution in [3.63, 3.8) is 0 Å². The molecule has 0 amide bonds. The van der Waals surface area contributed by atoms with E-state index < -0.39 is 62.5 Å². The van der Waals surface area contributed by atoms with Gasteiger partial charge in [-0.2, -0.15) is 35.1 Å². The first-order chi connectivity index (χ1) is 13.7. The van der Waals surface area contributed by atoms with E-state index in [1.54, 1.807) is 0 Å². The number of ether oxygens (including phenoxy) is 3. The van der Waals surface area contributed by atoms with Crippen LogP contribution in [0.3, 0.4) is 0 Å². The standard InChI is InChI=1S/C14H10F8O8S.K/c1-6(23)28-8-3-4-10(29-7(2)24)9(5-8)11(15,16)12(17,18)30-13(19,20)14(21,22)31(25,26)27;/h3-5H,1-2H3,(H,25,26,27);/q;+1/p-1. The molecule has 0 spiro atoms. The Morgan fingerprint density at radius 2 is 1.34 bits per heavy atom. The normalized spacial score (nSPS) is 13.2. The first-order valence-electron chi connectivity index (χ1n) is 7.34. The van der Waals surface area contributed by atoms with Crippen LogP contribution >= 0.6 is 0 Å². The Kier molecular flexibility index (Phi) is 9.88. The monoisotopic (exact) mass is 528 g/mol. The molecule has 0 aliphatic carbocycles. The van der Waals surface area contributed by atoms with E-state index in [-0.39, 0.29) is 57.5 Å². The van der Waals surface area contributed by atoms with Crippen molar-refractivity contribution in [2.75, 3.05) is 0 Å². The van der Waals surface area contributed by atoms with Crippen LogP contribution < -0.4 is 60.9 Å². The van der Waals surface area contributed by atoms with E-state index >= 15 is 0 Å². The number of rotatable bonds is 8. The molecule has 0 atom stereocenters. The molecule has 0 fully saturated rings. The Labute approximate surface area is 216 Å². The van der Waals surface area contributed by atoms with E-state index in [0.29, 0.717) is 19.1 Å². The van der Waals surface area contributed by atoms with Crippen molar-refractivity contribution in [3.05, 3.63) is 23.8 Å². The van der Waals surface area contributed by atoms with Gasteiger partial charge in [0.25, 0.3) is 0 Å². The van der Waals surface area contributed by atoms with Gasteiger partial charge in [0.05, 0.1) is 5.56 Å². The van der Waals surface area contributed by atoms with Crippen LogP contribution in [0.15, 0.2) is 18.2 Å². The van der Waals surface area contributed by atoms with Crippen LogP contribution in [0, 0.1) is 0 Å². The number of alkyl halides is 8. The first-order valence-corrected chi connectivity index (χ1v) is 8.75. The van der Waals surface area contributed by atoms with Gasteiger partial charge in [-0.05, 0) is 18.2 Å². The first kappa shape index (κ1) is 31.1. The summed E-state index contributed by atoms with van der Waals surface area (Å²) in [7, 11) is -7.35. The smallest absolute Gasteiger partial charge is 0.743 e. The second-order valence-corrected chi connectivity index (χ2v) is 6.95. The van der Waals surface area contributed by atoms with Gasteiger partial charge in [-0.1, -0.05) is 0 Å². The average Bonchev–Trinajstić information content (AvgIpc) is 2.52.